The van der Waals surface area contributed by atoms with E-state index in [-0.39, 0.29) is 36.3 Å². The molecule has 3 rings (SSSR count). The number of carbonyl (C=O) groups is 2. The summed E-state index contributed by atoms with van der Waals surface area (Å²) >= 11 is 0. The second kappa shape index (κ2) is 8.87. The van der Waals surface area contributed by atoms with Gasteiger partial charge >= 0.3 is 0 Å². The maximum atomic E-state index is 13.0. The van der Waals surface area contributed by atoms with Gasteiger partial charge in [-0.2, -0.15) is 0 Å². The van der Waals surface area contributed by atoms with Crippen LogP contribution in [0.5, 0.6) is 0 Å². The van der Waals surface area contributed by atoms with Gasteiger partial charge in [0, 0.05) is 32.1 Å². The first-order valence-electron chi connectivity index (χ1n) is 9.35. The van der Waals surface area contributed by atoms with Gasteiger partial charge in [-0.3, -0.25) is 9.59 Å². The van der Waals surface area contributed by atoms with Crippen LogP contribution < -0.4 is 5.73 Å². The fraction of sp³-hybridized carbons (Fsp3) is 0.600. The Morgan fingerprint density at radius 2 is 1.81 bits per heavy atom. The van der Waals surface area contributed by atoms with Gasteiger partial charge in [0.05, 0.1) is 0 Å². The topological polar surface area (TPSA) is 66.6 Å². The molecule has 5 nitrogen and oxygen atoms in total. The molecule has 0 saturated carbocycles. The molecule has 144 valence electrons. The summed E-state index contributed by atoms with van der Waals surface area (Å²) in [5.41, 5.74) is 8.26. The number of halogens is 1. The van der Waals surface area contributed by atoms with E-state index in [0.29, 0.717) is 25.3 Å². The van der Waals surface area contributed by atoms with Gasteiger partial charge in [0.15, 0.2) is 0 Å². The van der Waals surface area contributed by atoms with Gasteiger partial charge in [-0.15, -0.1) is 12.4 Å². The Morgan fingerprint density at radius 3 is 2.38 bits per heavy atom. The molecule has 2 heterocycles. The van der Waals surface area contributed by atoms with Crippen molar-refractivity contribution in [3.63, 3.8) is 0 Å². The van der Waals surface area contributed by atoms with Crippen LogP contribution in [0.15, 0.2) is 24.3 Å². The number of likely N-dealkylation sites (tertiary alicyclic amines) is 2. The average molecular weight is 380 g/mol. The SMILES string of the molecule is Cc1ccc(CN2C(=O)CCC2C(=O)N2CCC(C(C)N)CC2)cc1.Cl. The summed E-state index contributed by atoms with van der Waals surface area (Å²) in [6.07, 6.45) is 3.03. The molecular formula is C20H30ClN3O2. The van der Waals surface area contributed by atoms with Crippen molar-refractivity contribution in [2.45, 2.75) is 58.2 Å². The lowest BCUT2D eigenvalue weighted by Gasteiger charge is -2.36. The Bertz CT molecular complexity index is 624. The highest BCUT2D eigenvalue weighted by molar-refractivity contribution is 5.91. The molecule has 26 heavy (non-hydrogen) atoms. The van der Waals surface area contributed by atoms with Crippen LogP contribution in [0.4, 0.5) is 0 Å². The van der Waals surface area contributed by atoms with Gasteiger partial charge in [0.25, 0.3) is 0 Å². The zero-order chi connectivity index (χ0) is 18.0. The number of nitrogens with zero attached hydrogens (tertiary/aromatic N) is 2. The summed E-state index contributed by atoms with van der Waals surface area (Å²) < 4.78 is 0. The van der Waals surface area contributed by atoms with Crippen LogP contribution in [0.1, 0.15) is 43.7 Å². The summed E-state index contributed by atoms with van der Waals surface area (Å²) in [7, 11) is 0. The van der Waals surface area contributed by atoms with E-state index < -0.39 is 0 Å². The van der Waals surface area contributed by atoms with Crippen molar-refractivity contribution in [1.82, 2.24) is 9.80 Å². The molecule has 0 bridgehead atoms. The molecule has 1 aromatic rings. The number of nitrogens with two attached hydrogens (primary N) is 1. The fourth-order valence-corrected chi connectivity index (χ4v) is 3.94. The normalized spacial score (nSPS) is 22.3. The van der Waals surface area contributed by atoms with Crippen LogP contribution >= 0.6 is 12.4 Å². The van der Waals surface area contributed by atoms with Gasteiger partial charge in [-0.05, 0) is 44.6 Å². The van der Waals surface area contributed by atoms with E-state index in [1.165, 1.54) is 5.56 Å². The third-order valence-electron chi connectivity index (χ3n) is 5.68. The van der Waals surface area contributed by atoms with Crippen LogP contribution in [-0.2, 0) is 16.1 Å². The van der Waals surface area contributed by atoms with E-state index >= 15 is 0 Å². The molecule has 0 aromatic heterocycles. The minimum atomic E-state index is -0.305. The van der Waals surface area contributed by atoms with E-state index in [0.717, 1.165) is 31.5 Å². The smallest absolute Gasteiger partial charge is 0.245 e. The third kappa shape index (κ3) is 4.57. The number of hydrogen-bond acceptors (Lipinski definition) is 3. The molecule has 2 atom stereocenters. The van der Waals surface area contributed by atoms with Gasteiger partial charge < -0.3 is 15.5 Å². The molecule has 2 aliphatic heterocycles. The molecule has 2 aliphatic rings. The van der Waals surface area contributed by atoms with Crippen molar-refractivity contribution in [3.05, 3.63) is 35.4 Å². The number of benzene rings is 1. The van der Waals surface area contributed by atoms with Gasteiger partial charge in [0.2, 0.25) is 11.8 Å². The third-order valence-corrected chi connectivity index (χ3v) is 5.68. The monoisotopic (exact) mass is 379 g/mol. The van der Waals surface area contributed by atoms with Crippen LogP contribution in [0.2, 0.25) is 0 Å². The lowest BCUT2D eigenvalue weighted by molar-refractivity contribution is -0.142. The molecule has 2 unspecified atom stereocenters. The number of amides is 2. The van der Waals surface area contributed by atoms with Gasteiger partial charge in [0.1, 0.15) is 6.04 Å². The van der Waals surface area contributed by atoms with Crippen LogP contribution in [-0.4, -0.2) is 46.8 Å². The molecule has 0 radical (unpaired) electrons. The molecule has 2 saturated heterocycles. The van der Waals surface area contributed by atoms with E-state index in [1.807, 2.05) is 43.0 Å². The van der Waals surface area contributed by atoms with Crippen LogP contribution in [0.25, 0.3) is 0 Å². The first-order chi connectivity index (χ1) is 12.0. The fourth-order valence-electron chi connectivity index (χ4n) is 3.94. The summed E-state index contributed by atoms with van der Waals surface area (Å²) in [5.74, 6) is 0.698. The van der Waals surface area contributed by atoms with Crippen molar-refractivity contribution in [2.24, 2.45) is 11.7 Å². The quantitative estimate of drug-likeness (QED) is 0.873. The predicted octanol–water partition coefficient (Wildman–Crippen LogP) is 2.49. The zero-order valence-electron chi connectivity index (χ0n) is 15.7. The molecule has 2 N–H and O–H groups in total. The van der Waals surface area contributed by atoms with Gasteiger partial charge in [-0.25, -0.2) is 0 Å². The number of aryl methyl sites for hydroxylation is 1. The van der Waals surface area contributed by atoms with Crippen molar-refractivity contribution < 1.29 is 9.59 Å². The van der Waals surface area contributed by atoms with Crippen LogP contribution in [0.3, 0.4) is 0 Å². The summed E-state index contributed by atoms with van der Waals surface area (Å²) in [6.45, 7) is 6.12. The molecule has 6 heteroatoms. The first-order valence-corrected chi connectivity index (χ1v) is 9.35. The molecule has 2 amide bonds. The highest BCUT2D eigenvalue weighted by Gasteiger charge is 2.39. The summed E-state index contributed by atoms with van der Waals surface area (Å²) in [6, 6.07) is 8.05. The highest BCUT2D eigenvalue weighted by Crippen LogP contribution is 2.26. The standard InChI is InChI=1S/C20H29N3O2.ClH/c1-14-3-5-16(6-4-14)13-23-18(7-8-19(23)24)20(25)22-11-9-17(10-12-22)15(2)21;/h3-6,15,17-18H,7-13,21H2,1-2H3;1H. The van der Waals surface area contributed by atoms with E-state index in [1.54, 1.807) is 4.90 Å². The number of rotatable bonds is 4. The maximum Gasteiger partial charge on any atom is 0.245 e. The van der Waals surface area contributed by atoms with E-state index in [4.69, 9.17) is 5.73 Å². The largest absolute Gasteiger partial charge is 0.341 e. The molecule has 1 aromatic carbocycles. The molecule has 2 fully saturated rings. The predicted molar refractivity (Wildman–Crippen MR) is 105 cm³/mol. The summed E-state index contributed by atoms with van der Waals surface area (Å²) in [5, 5.41) is 0. The lowest BCUT2D eigenvalue weighted by atomic mass is 9.90. The van der Waals surface area contributed by atoms with Crippen molar-refractivity contribution in [2.75, 3.05) is 13.1 Å². The highest BCUT2D eigenvalue weighted by atomic mass is 35.5. The second-order valence-electron chi connectivity index (χ2n) is 7.58. The van der Waals surface area contributed by atoms with Crippen molar-refractivity contribution >= 4 is 24.2 Å². The Morgan fingerprint density at radius 1 is 1.19 bits per heavy atom. The molecule has 0 aliphatic carbocycles. The van der Waals surface area contributed by atoms with Gasteiger partial charge in [-0.1, -0.05) is 29.8 Å². The minimum absolute atomic E-state index is 0. The summed E-state index contributed by atoms with van der Waals surface area (Å²) in [4.78, 5) is 29.0. The van der Waals surface area contributed by atoms with Crippen molar-refractivity contribution in [3.8, 4) is 0 Å². The molecule has 0 spiro atoms. The average Bonchev–Trinajstić information content (AvgIpc) is 2.97. The Kier molecular flexibility index (Phi) is 7.07. The number of hydrogen-bond donors (Lipinski definition) is 1. The number of piperidine rings is 1. The number of carbonyl (C=O) groups excluding carboxylic acids is 2. The minimum Gasteiger partial charge on any atom is -0.341 e. The second-order valence-corrected chi connectivity index (χ2v) is 7.58. The van der Waals surface area contributed by atoms with E-state index in [9.17, 15) is 9.59 Å². The Balaban J connectivity index is 0.00000243. The Hall–Kier alpha value is -1.59. The molecular weight excluding hydrogens is 350 g/mol. The first kappa shape index (κ1) is 20.7. The van der Waals surface area contributed by atoms with Crippen molar-refractivity contribution in [1.29, 1.82) is 0 Å². The van der Waals surface area contributed by atoms with E-state index in [2.05, 4.69) is 0 Å². The van der Waals surface area contributed by atoms with Crippen LogP contribution in [0, 0.1) is 12.8 Å². The maximum absolute atomic E-state index is 13.0. The lowest BCUT2D eigenvalue weighted by Crippen LogP contribution is -2.50. The zero-order valence-corrected chi connectivity index (χ0v) is 16.5. The Labute approximate surface area is 162 Å².